The molecule has 1 aliphatic rings. The van der Waals surface area contributed by atoms with Crippen LogP contribution in [0.4, 0.5) is 5.69 Å². The summed E-state index contributed by atoms with van der Waals surface area (Å²) in [5, 5.41) is 3.54. The average molecular weight is 286 g/mol. The Bertz CT molecular complexity index is 582. The molecule has 1 aromatic carbocycles. The van der Waals surface area contributed by atoms with E-state index in [-0.39, 0.29) is 0 Å². The zero-order valence-electron chi connectivity index (χ0n) is 13.2. The third-order valence-corrected chi connectivity index (χ3v) is 4.50. The lowest BCUT2D eigenvalue weighted by molar-refractivity contribution is 0.345. The maximum absolute atomic E-state index is 5.75. The zero-order valence-corrected chi connectivity index (χ0v) is 13.2. The van der Waals surface area contributed by atoms with E-state index in [2.05, 4.69) is 36.3 Å². The van der Waals surface area contributed by atoms with Crippen molar-refractivity contribution in [3.05, 3.63) is 24.1 Å². The first-order chi connectivity index (χ1) is 10.2. The van der Waals surface area contributed by atoms with Crippen LogP contribution in [0.5, 0.6) is 0 Å². The van der Waals surface area contributed by atoms with Gasteiger partial charge < -0.3 is 9.73 Å². The molecule has 0 unspecified atom stereocenters. The summed E-state index contributed by atoms with van der Waals surface area (Å²) >= 11 is 0. The number of oxazole rings is 1. The van der Waals surface area contributed by atoms with Crippen LogP contribution in [-0.4, -0.2) is 11.5 Å². The minimum absolute atomic E-state index is 0.333. The van der Waals surface area contributed by atoms with Crippen molar-refractivity contribution < 1.29 is 4.42 Å². The molecule has 0 amide bonds. The second-order valence-corrected chi connectivity index (χ2v) is 6.61. The summed E-state index contributed by atoms with van der Waals surface area (Å²) in [5.74, 6) is 2.08. The predicted octanol–water partition coefficient (Wildman–Crippen LogP) is 5.33. The van der Waals surface area contributed by atoms with Crippen molar-refractivity contribution >= 4 is 16.8 Å². The molecule has 0 atom stereocenters. The van der Waals surface area contributed by atoms with Gasteiger partial charge in [-0.05, 0) is 30.5 Å². The maximum atomic E-state index is 5.75. The Morgan fingerprint density at radius 1 is 1.24 bits per heavy atom. The summed E-state index contributed by atoms with van der Waals surface area (Å²) in [7, 11) is 0. The summed E-state index contributed by atoms with van der Waals surface area (Å²) in [6.45, 7) is 5.27. The molecule has 21 heavy (non-hydrogen) atoms. The van der Waals surface area contributed by atoms with E-state index in [1.54, 1.807) is 0 Å². The van der Waals surface area contributed by atoms with Crippen molar-refractivity contribution in [2.45, 2.75) is 58.3 Å². The molecule has 1 aromatic heterocycles. The van der Waals surface area contributed by atoms with Gasteiger partial charge in [0.25, 0.3) is 0 Å². The molecule has 1 heterocycles. The van der Waals surface area contributed by atoms with Gasteiger partial charge in [-0.1, -0.05) is 46.0 Å². The topological polar surface area (TPSA) is 38.1 Å². The van der Waals surface area contributed by atoms with Gasteiger partial charge in [0.2, 0.25) is 0 Å². The van der Waals surface area contributed by atoms with E-state index >= 15 is 0 Å². The van der Waals surface area contributed by atoms with Gasteiger partial charge in [-0.2, -0.15) is 0 Å². The van der Waals surface area contributed by atoms with Crippen molar-refractivity contribution in [2.75, 3.05) is 11.9 Å². The lowest BCUT2D eigenvalue weighted by Crippen LogP contribution is -2.12. The standard InChI is InChI=1S/C18H26N2O/c1-13(2)18-20-16-12-15(8-9-17(16)21-18)19-11-10-14-6-4-3-5-7-14/h8-9,12-14,19H,3-7,10-11H2,1-2H3. The third-order valence-electron chi connectivity index (χ3n) is 4.50. The van der Waals surface area contributed by atoms with Crippen molar-refractivity contribution in [2.24, 2.45) is 5.92 Å². The number of hydrogen-bond donors (Lipinski definition) is 1. The van der Waals surface area contributed by atoms with Crippen molar-refractivity contribution in [1.82, 2.24) is 4.98 Å². The number of nitrogens with one attached hydrogen (secondary N) is 1. The maximum Gasteiger partial charge on any atom is 0.198 e. The molecule has 2 aromatic rings. The zero-order chi connectivity index (χ0) is 14.7. The summed E-state index contributed by atoms with van der Waals surface area (Å²) in [6.07, 6.45) is 8.41. The molecule has 1 saturated carbocycles. The van der Waals surface area contributed by atoms with Crippen LogP contribution < -0.4 is 5.32 Å². The highest BCUT2D eigenvalue weighted by Crippen LogP contribution is 2.27. The Morgan fingerprint density at radius 3 is 2.81 bits per heavy atom. The largest absolute Gasteiger partial charge is 0.440 e. The van der Waals surface area contributed by atoms with Crippen LogP contribution in [0.3, 0.4) is 0 Å². The smallest absolute Gasteiger partial charge is 0.198 e. The van der Waals surface area contributed by atoms with Crippen LogP contribution in [-0.2, 0) is 0 Å². The van der Waals surface area contributed by atoms with E-state index < -0.39 is 0 Å². The van der Waals surface area contributed by atoms with E-state index in [0.717, 1.165) is 35.1 Å². The molecule has 1 N–H and O–H groups in total. The molecule has 114 valence electrons. The van der Waals surface area contributed by atoms with Gasteiger partial charge >= 0.3 is 0 Å². The third kappa shape index (κ3) is 3.58. The Balaban J connectivity index is 1.58. The molecular formula is C18H26N2O. The monoisotopic (exact) mass is 286 g/mol. The highest BCUT2D eigenvalue weighted by molar-refractivity contribution is 5.77. The normalized spacial score (nSPS) is 16.7. The minimum atomic E-state index is 0.333. The van der Waals surface area contributed by atoms with Gasteiger partial charge in [-0.15, -0.1) is 0 Å². The van der Waals surface area contributed by atoms with E-state index in [1.807, 2.05) is 6.07 Å². The van der Waals surface area contributed by atoms with E-state index in [0.29, 0.717) is 5.92 Å². The summed E-state index contributed by atoms with van der Waals surface area (Å²) in [5.41, 5.74) is 3.00. The highest BCUT2D eigenvalue weighted by atomic mass is 16.3. The van der Waals surface area contributed by atoms with Crippen LogP contribution in [0.1, 0.15) is 64.2 Å². The molecule has 1 fully saturated rings. The first-order valence-corrected chi connectivity index (χ1v) is 8.37. The van der Waals surface area contributed by atoms with Gasteiger partial charge in [0, 0.05) is 18.2 Å². The highest BCUT2D eigenvalue weighted by Gasteiger charge is 2.13. The van der Waals surface area contributed by atoms with Crippen molar-refractivity contribution in [3.63, 3.8) is 0 Å². The number of anilines is 1. The van der Waals surface area contributed by atoms with Crippen molar-refractivity contribution in [3.8, 4) is 0 Å². The SMILES string of the molecule is CC(C)c1nc2cc(NCCC3CCCCC3)ccc2o1. The lowest BCUT2D eigenvalue weighted by atomic mass is 9.87. The van der Waals surface area contributed by atoms with Crippen LogP contribution in [0.2, 0.25) is 0 Å². The number of hydrogen-bond acceptors (Lipinski definition) is 3. The van der Waals surface area contributed by atoms with Crippen LogP contribution in [0.15, 0.2) is 22.6 Å². The molecule has 3 rings (SSSR count). The van der Waals surface area contributed by atoms with Crippen LogP contribution in [0.25, 0.3) is 11.1 Å². The first-order valence-electron chi connectivity index (χ1n) is 8.37. The second kappa shape index (κ2) is 6.50. The number of aromatic nitrogens is 1. The molecule has 0 bridgehead atoms. The first kappa shape index (κ1) is 14.4. The molecule has 0 spiro atoms. The van der Waals surface area contributed by atoms with Gasteiger partial charge in [-0.3, -0.25) is 0 Å². The number of rotatable bonds is 5. The molecular weight excluding hydrogens is 260 g/mol. The fourth-order valence-corrected chi connectivity index (χ4v) is 3.20. The second-order valence-electron chi connectivity index (χ2n) is 6.61. The summed E-state index contributed by atoms with van der Waals surface area (Å²) in [4.78, 5) is 4.56. The van der Waals surface area contributed by atoms with Crippen molar-refractivity contribution in [1.29, 1.82) is 0 Å². The van der Waals surface area contributed by atoms with Crippen LogP contribution >= 0.6 is 0 Å². The minimum Gasteiger partial charge on any atom is -0.440 e. The fraction of sp³-hybridized carbons (Fsp3) is 0.611. The molecule has 1 aliphatic carbocycles. The van der Waals surface area contributed by atoms with Crippen LogP contribution in [0, 0.1) is 5.92 Å². The fourth-order valence-electron chi connectivity index (χ4n) is 3.20. The van der Waals surface area contributed by atoms with Gasteiger partial charge in [-0.25, -0.2) is 4.98 Å². The number of benzene rings is 1. The summed E-state index contributed by atoms with van der Waals surface area (Å²) < 4.78 is 5.75. The number of nitrogens with zero attached hydrogens (tertiary/aromatic N) is 1. The Kier molecular flexibility index (Phi) is 4.47. The van der Waals surface area contributed by atoms with E-state index in [1.165, 1.54) is 38.5 Å². The molecule has 3 nitrogen and oxygen atoms in total. The predicted molar refractivity (Wildman–Crippen MR) is 87.8 cm³/mol. The van der Waals surface area contributed by atoms with E-state index in [4.69, 9.17) is 4.42 Å². The Morgan fingerprint density at radius 2 is 2.05 bits per heavy atom. The average Bonchev–Trinajstić information content (AvgIpc) is 2.92. The Hall–Kier alpha value is -1.51. The molecule has 0 radical (unpaired) electrons. The molecule has 0 saturated heterocycles. The van der Waals surface area contributed by atoms with Gasteiger partial charge in [0.1, 0.15) is 5.52 Å². The summed E-state index contributed by atoms with van der Waals surface area (Å²) in [6, 6.07) is 6.22. The van der Waals surface area contributed by atoms with E-state index in [9.17, 15) is 0 Å². The quantitative estimate of drug-likeness (QED) is 0.807. The number of fused-ring (bicyclic) bond motifs is 1. The van der Waals surface area contributed by atoms with Gasteiger partial charge in [0.05, 0.1) is 0 Å². The Labute approximate surface area is 127 Å². The molecule has 3 heteroatoms. The lowest BCUT2D eigenvalue weighted by Gasteiger charge is -2.21. The van der Waals surface area contributed by atoms with Gasteiger partial charge in [0.15, 0.2) is 11.5 Å². The molecule has 0 aliphatic heterocycles.